The molecule has 0 unspecified atom stereocenters. The zero-order valence-corrected chi connectivity index (χ0v) is 19.0. The summed E-state index contributed by atoms with van der Waals surface area (Å²) in [4.78, 5) is 20.1. The molecule has 0 bridgehead atoms. The lowest BCUT2D eigenvalue weighted by molar-refractivity contribution is -0.0397. The summed E-state index contributed by atoms with van der Waals surface area (Å²) in [5, 5.41) is 3.15. The van der Waals surface area contributed by atoms with E-state index in [9.17, 15) is 0 Å². The number of nitrogens with one attached hydrogen (secondary N) is 1. The van der Waals surface area contributed by atoms with Crippen LogP contribution >= 0.6 is 0 Å². The Hall–Kier alpha value is -2.96. The summed E-state index contributed by atoms with van der Waals surface area (Å²) in [6, 6.07) is 2.23. The minimum absolute atomic E-state index is 0.275. The highest BCUT2D eigenvalue weighted by Gasteiger charge is 2.34. The van der Waals surface area contributed by atoms with Crippen molar-refractivity contribution in [2.75, 3.05) is 39.1 Å². The summed E-state index contributed by atoms with van der Waals surface area (Å²) in [5.41, 5.74) is 7.48. The van der Waals surface area contributed by atoms with E-state index in [2.05, 4.69) is 54.5 Å². The molecule has 0 aliphatic carbocycles. The van der Waals surface area contributed by atoms with Gasteiger partial charge in [-0.1, -0.05) is 0 Å². The van der Waals surface area contributed by atoms with Gasteiger partial charge in [-0.25, -0.2) is 9.97 Å². The fraction of sp³-hybridized carbons (Fsp3) is 0.545. The van der Waals surface area contributed by atoms with Gasteiger partial charge in [0.25, 0.3) is 0 Å². The maximum absolute atomic E-state index is 5.91. The molecule has 0 amide bonds. The van der Waals surface area contributed by atoms with Crippen LogP contribution in [-0.2, 0) is 4.74 Å². The Bertz CT molecular complexity index is 1020. The van der Waals surface area contributed by atoms with E-state index in [0.717, 1.165) is 42.8 Å². The summed E-state index contributed by atoms with van der Waals surface area (Å²) in [6.07, 6.45) is 9.10. The molecule has 0 saturated carbocycles. The molecule has 2 aromatic heterocycles. The first-order valence-corrected chi connectivity index (χ1v) is 10.5. The monoisotopic (exact) mass is 424 g/mol. The maximum atomic E-state index is 5.91. The van der Waals surface area contributed by atoms with Crippen LogP contribution in [0.5, 0.6) is 0 Å². The molecule has 0 radical (unpaired) electrons. The van der Waals surface area contributed by atoms with E-state index in [1.807, 2.05) is 13.0 Å². The van der Waals surface area contributed by atoms with Crippen LogP contribution in [0.4, 0.5) is 5.82 Å². The van der Waals surface area contributed by atoms with Crippen molar-refractivity contribution in [1.29, 1.82) is 0 Å². The second-order valence-corrected chi connectivity index (χ2v) is 8.01. The smallest absolute Gasteiger partial charge is 0.222 e. The van der Waals surface area contributed by atoms with E-state index in [1.165, 1.54) is 0 Å². The molecule has 9 heteroatoms. The number of nitrogens with two attached hydrogens (primary N) is 1. The minimum Gasteiger partial charge on any atom is -0.377 e. The lowest BCUT2D eigenvalue weighted by Gasteiger charge is -2.40. The average Bonchev–Trinajstić information content (AvgIpc) is 3.11. The number of amidine groups is 1. The predicted octanol–water partition coefficient (Wildman–Crippen LogP) is 2.19. The molecule has 3 heterocycles. The third-order valence-corrected chi connectivity index (χ3v) is 5.83. The first-order chi connectivity index (χ1) is 14.9. The second-order valence-electron chi connectivity index (χ2n) is 8.01. The van der Waals surface area contributed by atoms with Gasteiger partial charge in [0.05, 0.1) is 17.3 Å². The fourth-order valence-electron chi connectivity index (χ4n) is 4.02. The highest BCUT2D eigenvalue weighted by Crippen LogP contribution is 2.25. The van der Waals surface area contributed by atoms with E-state index >= 15 is 0 Å². The third kappa shape index (κ3) is 4.70. The largest absolute Gasteiger partial charge is 0.377 e. The number of hydrogen-bond acceptors (Lipinski definition) is 5. The lowest BCUT2D eigenvalue weighted by atomic mass is 9.91. The number of nitrogens with zero attached hydrogens (tertiary/aromatic N) is 6. The summed E-state index contributed by atoms with van der Waals surface area (Å²) < 4.78 is 7.81. The van der Waals surface area contributed by atoms with Crippen LogP contribution in [0.3, 0.4) is 0 Å². The molecular formula is C22H32N8O. The number of fused-ring (bicyclic) bond motifs is 1. The van der Waals surface area contributed by atoms with Gasteiger partial charge in [-0.2, -0.15) is 4.99 Å². The van der Waals surface area contributed by atoms with Gasteiger partial charge < -0.3 is 25.3 Å². The predicted molar refractivity (Wildman–Crippen MR) is 126 cm³/mol. The number of anilines is 1. The van der Waals surface area contributed by atoms with Gasteiger partial charge in [-0.15, -0.1) is 6.42 Å². The van der Waals surface area contributed by atoms with Crippen LogP contribution in [0.2, 0.25) is 0 Å². The quantitative estimate of drug-likeness (QED) is 0.443. The van der Waals surface area contributed by atoms with Gasteiger partial charge >= 0.3 is 0 Å². The Morgan fingerprint density at radius 3 is 2.68 bits per heavy atom. The molecule has 3 N–H and O–H groups in total. The van der Waals surface area contributed by atoms with Gasteiger partial charge in [0.1, 0.15) is 17.2 Å². The summed E-state index contributed by atoms with van der Waals surface area (Å²) in [6.45, 7) is 8.24. The van der Waals surface area contributed by atoms with Crippen molar-refractivity contribution in [2.45, 2.75) is 45.3 Å². The number of piperidine rings is 1. The number of hydrogen-bond donors (Lipinski definition) is 2. The first kappa shape index (κ1) is 22.7. The molecule has 2 aromatic rings. The van der Waals surface area contributed by atoms with E-state index in [1.54, 1.807) is 20.4 Å². The number of guanidine groups is 1. The van der Waals surface area contributed by atoms with Gasteiger partial charge in [0, 0.05) is 45.9 Å². The highest BCUT2D eigenvalue weighted by atomic mass is 16.5. The molecule has 9 nitrogen and oxygen atoms in total. The molecular weight excluding hydrogens is 392 g/mol. The van der Waals surface area contributed by atoms with E-state index in [-0.39, 0.29) is 11.6 Å². The SMILES string of the molecule is C#C/C(=N\C(=N/C)N1CCC(CN)(OC)CC1)Nc1cc2c(cn1)nc(C)n2C(C)C. The minimum atomic E-state index is -0.275. The highest BCUT2D eigenvalue weighted by molar-refractivity contribution is 6.12. The van der Waals surface area contributed by atoms with Crippen LogP contribution in [0, 0.1) is 19.3 Å². The van der Waals surface area contributed by atoms with Crippen LogP contribution in [-0.4, -0.2) is 70.6 Å². The first-order valence-electron chi connectivity index (χ1n) is 10.5. The number of terminal acetylenes is 1. The summed E-state index contributed by atoms with van der Waals surface area (Å²) in [5.74, 6) is 5.09. The number of likely N-dealkylation sites (tertiary alicyclic amines) is 1. The Balaban J connectivity index is 1.80. The number of rotatable bonds is 4. The zero-order chi connectivity index (χ0) is 22.6. The van der Waals surface area contributed by atoms with Gasteiger partial charge in [0.2, 0.25) is 5.96 Å². The number of aliphatic imine (C=N–C) groups is 2. The molecule has 0 spiro atoms. The topological polar surface area (TPSA) is 106 Å². The van der Waals surface area contributed by atoms with Gasteiger partial charge in [-0.3, -0.25) is 4.99 Å². The van der Waals surface area contributed by atoms with Crippen molar-refractivity contribution < 1.29 is 4.74 Å². The third-order valence-electron chi connectivity index (χ3n) is 5.83. The van der Waals surface area contributed by atoms with Crippen molar-refractivity contribution in [3.05, 3.63) is 18.1 Å². The van der Waals surface area contributed by atoms with Crippen molar-refractivity contribution >= 4 is 28.6 Å². The molecule has 0 atom stereocenters. The molecule has 31 heavy (non-hydrogen) atoms. The number of aryl methyl sites for hydroxylation is 1. The Morgan fingerprint density at radius 2 is 2.13 bits per heavy atom. The molecule has 1 fully saturated rings. The molecule has 3 rings (SSSR count). The normalized spacial score (nSPS) is 17.3. The number of methoxy groups -OCH3 is 1. The van der Waals surface area contributed by atoms with Gasteiger partial charge in [0.15, 0.2) is 5.84 Å². The lowest BCUT2D eigenvalue weighted by Crippen LogP contribution is -2.51. The Labute approximate surface area is 183 Å². The molecule has 166 valence electrons. The van der Waals surface area contributed by atoms with Crippen LogP contribution < -0.4 is 11.1 Å². The Kier molecular flexibility index (Phi) is 6.93. The summed E-state index contributed by atoms with van der Waals surface area (Å²) >= 11 is 0. The van der Waals surface area contributed by atoms with Gasteiger partial charge in [-0.05, 0) is 39.5 Å². The molecule has 1 aliphatic heterocycles. The van der Waals surface area contributed by atoms with Crippen molar-refractivity contribution in [1.82, 2.24) is 19.4 Å². The molecule has 0 aromatic carbocycles. The number of aromatic nitrogens is 3. The van der Waals surface area contributed by atoms with E-state index in [4.69, 9.17) is 16.9 Å². The summed E-state index contributed by atoms with van der Waals surface area (Å²) in [7, 11) is 3.43. The number of pyridine rings is 1. The van der Waals surface area contributed by atoms with Crippen LogP contribution in [0.1, 0.15) is 38.6 Å². The zero-order valence-electron chi connectivity index (χ0n) is 19.0. The molecule has 1 aliphatic rings. The molecule has 1 saturated heterocycles. The van der Waals surface area contributed by atoms with Crippen LogP contribution in [0.15, 0.2) is 22.2 Å². The standard InChI is InChI=1S/C22H32N8O/c1-7-19(28-21(24-5)29-10-8-22(14-23,31-6)9-11-29)27-20-12-18-17(13-25-20)26-16(4)30(18)15(2)3/h1,12-13,15H,8-11,14,23H2,2-6H3,(H,24,25,27,28). The Morgan fingerprint density at radius 1 is 1.42 bits per heavy atom. The average molecular weight is 425 g/mol. The number of ether oxygens (including phenoxy) is 1. The van der Waals surface area contributed by atoms with E-state index < -0.39 is 0 Å². The van der Waals surface area contributed by atoms with Crippen molar-refractivity contribution in [2.24, 2.45) is 15.7 Å². The fourth-order valence-corrected chi connectivity index (χ4v) is 4.02. The van der Waals surface area contributed by atoms with Crippen molar-refractivity contribution in [3.8, 4) is 12.3 Å². The maximum Gasteiger partial charge on any atom is 0.222 e. The van der Waals surface area contributed by atoms with Crippen molar-refractivity contribution in [3.63, 3.8) is 0 Å². The van der Waals surface area contributed by atoms with Crippen LogP contribution in [0.25, 0.3) is 11.0 Å². The second kappa shape index (κ2) is 9.45. The van der Waals surface area contributed by atoms with E-state index in [0.29, 0.717) is 24.2 Å². The number of imidazole rings is 1.